The highest BCUT2D eigenvalue weighted by Crippen LogP contribution is 2.27. The molecule has 1 fully saturated rings. The lowest BCUT2D eigenvalue weighted by Gasteiger charge is -2.28. The first-order valence-corrected chi connectivity index (χ1v) is 12.6. The number of nitrogens with zero attached hydrogens (tertiary/aromatic N) is 4. The summed E-state index contributed by atoms with van der Waals surface area (Å²) in [5, 5.41) is 6.90. The Labute approximate surface area is 199 Å². The molecule has 1 saturated heterocycles. The molecule has 178 valence electrons. The van der Waals surface area contributed by atoms with E-state index in [9.17, 15) is 4.79 Å². The first kappa shape index (κ1) is 23.8. The molecular weight excluding hydrogens is 436 g/mol. The fraction of sp³-hybridized carbons (Fsp3) is 0.583. The van der Waals surface area contributed by atoms with Crippen molar-refractivity contribution in [3.8, 4) is 0 Å². The quantitative estimate of drug-likeness (QED) is 0.608. The van der Waals surface area contributed by atoms with Crippen molar-refractivity contribution in [2.24, 2.45) is 5.92 Å². The summed E-state index contributed by atoms with van der Waals surface area (Å²) in [7, 11) is 2.16. The minimum absolute atomic E-state index is 0.0808. The highest BCUT2D eigenvalue weighted by Gasteiger charge is 2.24. The van der Waals surface area contributed by atoms with E-state index in [1.54, 1.807) is 0 Å². The van der Waals surface area contributed by atoms with Crippen LogP contribution in [0.1, 0.15) is 49.8 Å². The van der Waals surface area contributed by atoms with Gasteiger partial charge in [0.15, 0.2) is 10.8 Å². The Hall–Kier alpha value is -2.36. The molecule has 9 heteroatoms. The van der Waals surface area contributed by atoms with E-state index in [1.165, 1.54) is 36.1 Å². The van der Waals surface area contributed by atoms with Gasteiger partial charge in [-0.3, -0.25) is 4.79 Å². The van der Waals surface area contributed by atoms with E-state index in [0.29, 0.717) is 33.6 Å². The van der Waals surface area contributed by atoms with Crippen LogP contribution in [0, 0.1) is 5.92 Å². The fourth-order valence-electron chi connectivity index (χ4n) is 4.28. The number of piperidine rings is 1. The Balaban J connectivity index is 1.41. The number of carbonyl (C=O) groups is 1. The Morgan fingerprint density at radius 3 is 2.85 bits per heavy atom. The molecule has 2 atom stereocenters. The minimum atomic E-state index is -0.144. The third kappa shape index (κ3) is 6.16. The molecule has 8 nitrogen and oxygen atoms in total. The monoisotopic (exact) mass is 470 g/mol. The topological polar surface area (TPSA) is 92.3 Å². The highest BCUT2D eigenvalue weighted by molar-refractivity contribution is 7.19. The van der Waals surface area contributed by atoms with Crippen molar-refractivity contribution in [1.82, 2.24) is 25.2 Å². The van der Waals surface area contributed by atoms with Crippen LogP contribution in [-0.2, 0) is 4.74 Å². The van der Waals surface area contributed by atoms with E-state index >= 15 is 0 Å². The van der Waals surface area contributed by atoms with Crippen LogP contribution in [0.5, 0.6) is 0 Å². The van der Waals surface area contributed by atoms with Crippen LogP contribution in [0.25, 0.3) is 10.3 Å². The minimum Gasteiger partial charge on any atom is -0.369 e. The number of rotatable bonds is 8. The first-order valence-electron chi connectivity index (χ1n) is 11.8. The second kappa shape index (κ2) is 10.7. The van der Waals surface area contributed by atoms with Crippen LogP contribution in [0.4, 0.5) is 5.82 Å². The molecule has 0 bridgehead atoms. The second-order valence-corrected chi connectivity index (χ2v) is 10.3. The van der Waals surface area contributed by atoms with Gasteiger partial charge in [0.05, 0.1) is 12.1 Å². The van der Waals surface area contributed by atoms with Gasteiger partial charge in [0.25, 0.3) is 5.91 Å². The van der Waals surface area contributed by atoms with Crippen LogP contribution < -0.4 is 10.6 Å². The molecule has 0 saturated carbocycles. The molecule has 0 spiro atoms. The summed E-state index contributed by atoms with van der Waals surface area (Å²) in [4.78, 5) is 29.1. The Morgan fingerprint density at radius 2 is 2.09 bits per heavy atom. The Kier molecular flexibility index (Phi) is 7.72. The highest BCUT2D eigenvalue weighted by atomic mass is 32.1. The number of ether oxygens (including phenoxy) is 1. The zero-order chi connectivity index (χ0) is 23.4. The van der Waals surface area contributed by atoms with E-state index < -0.39 is 0 Å². The van der Waals surface area contributed by atoms with Gasteiger partial charge in [0, 0.05) is 6.54 Å². The van der Waals surface area contributed by atoms with Crippen LogP contribution in [0.3, 0.4) is 0 Å². The molecule has 2 aliphatic rings. The maximum atomic E-state index is 12.7. The number of fused-ring (bicyclic) bond motifs is 1. The van der Waals surface area contributed by atoms with E-state index in [1.807, 2.05) is 13.8 Å². The maximum absolute atomic E-state index is 12.7. The van der Waals surface area contributed by atoms with Crippen molar-refractivity contribution in [3.63, 3.8) is 0 Å². The number of anilines is 1. The molecule has 1 aliphatic heterocycles. The maximum Gasteiger partial charge on any atom is 0.280 e. The van der Waals surface area contributed by atoms with Gasteiger partial charge in [-0.1, -0.05) is 35.1 Å². The van der Waals surface area contributed by atoms with Crippen molar-refractivity contribution in [2.45, 2.75) is 58.3 Å². The van der Waals surface area contributed by atoms with Crippen molar-refractivity contribution >= 4 is 33.4 Å². The molecule has 1 amide bonds. The fourth-order valence-corrected chi connectivity index (χ4v) is 5.11. The Bertz CT molecular complexity index is 1030. The number of hydrogen-bond donors (Lipinski definition) is 2. The van der Waals surface area contributed by atoms with Gasteiger partial charge < -0.3 is 20.3 Å². The summed E-state index contributed by atoms with van der Waals surface area (Å²) in [6.45, 7) is 9.06. The summed E-state index contributed by atoms with van der Waals surface area (Å²) in [5.74, 6) is 1.15. The van der Waals surface area contributed by atoms with Crippen molar-refractivity contribution in [2.75, 3.05) is 32.0 Å². The largest absolute Gasteiger partial charge is 0.369 e. The van der Waals surface area contributed by atoms with Crippen LogP contribution >= 0.6 is 11.3 Å². The molecule has 2 N–H and O–H groups in total. The number of likely N-dealkylation sites (tertiary alicyclic amines) is 1. The SMILES string of the molecule is CC1=CC(OC(C)C)C(Nc2ncnc3sc(C(=O)NCCC4CCN(C)CC4)nc23)C=C1. The first-order chi connectivity index (χ1) is 15.9. The predicted molar refractivity (Wildman–Crippen MR) is 133 cm³/mol. The zero-order valence-electron chi connectivity index (χ0n) is 19.9. The number of carbonyl (C=O) groups excluding carboxylic acids is 1. The number of nitrogens with one attached hydrogen (secondary N) is 2. The van der Waals surface area contributed by atoms with Gasteiger partial charge in [0.1, 0.15) is 22.8 Å². The van der Waals surface area contributed by atoms with Crippen molar-refractivity contribution in [3.05, 3.63) is 35.1 Å². The van der Waals surface area contributed by atoms with E-state index in [0.717, 1.165) is 19.5 Å². The number of amides is 1. The summed E-state index contributed by atoms with van der Waals surface area (Å²) < 4.78 is 6.08. The summed E-state index contributed by atoms with van der Waals surface area (Å²) in [6.07, 6.45) is 11.2. The molecule has 0 aromatic carbocycles. The van der Waals surface area contributed by atoms with Crippen molar-refractivity contribution in [1.29, 1.82) is 0 Å². The second-order valence-electron chi connectivity index (χ2n) is 9.28. The van der Waals surface area contributed by atoms with Crippen molar-refractivity contribution < 1.29 is 9.53 Å². The molecule has 4 rings (SSSR count). The average molecular weight is 471 g/mol. The lowest BCUT2D eigenvalue weighted by Crippen LogP contribution is -2.36. The number of aromatic nitrogens is 3. The predicted octanol–water partition coefficient (Wildman–Crippen LogP) is 3.64. The molecule has 33 heavy (non-hydrogen) atoms. The molecule has 2 unspecified atom stereocenters. The molecule has 2 aromatic rings. The smallest absolute Gasteiger partial charge is 0.280 e. The standard InChI is InChI=1S/C24H34N6O2S/c1-15(2)32-19-13-16(3)5-6-18(19)28-21-20-23(27-14-26-21)33-24(29-20)22(31)25-10-7-17-8-11-30(4)12-9-17/h5-6,13-15,17-19H,7-12H2,1-4H3,(H,25,31)(H,26,27,28). The molecule has 0 radical (unpaired) electrons. The number of hydrogen-bond acceptors (Lipinski definition) is 8. The summed E-state index contributed by atoms with van der Waals surface area (Å²) >= 11 is 1.30. The number of allylic oxidation sites excluding steroid dienone is 2. The lowest BCUT2D eigenvalue weighted by molar-refractivity contribution is 0.0312. The van der Waals surface area contributed by atoms with E-state index in [2.05, 4.69) is 62.7 Å². The molecule has 1 aliphatic carbocycles. The van der Waals surface area contributed by atoms with Crippen LogP contribution in [0.2, 0.25) is 0 Å². The van der Waals surface area contributed by atoms with Gasteiger partial charge in [-0.05, 0) is 66.1 Å². The van der Waals surface area contributed by atoms with Gasteiger partial charge >= 0.3 is 0 Å². The van der Waals surface area contributed by atoms with Gasteiger partial charge in [-0.15, -0.1) is 0 Å². The average Bonchev–Trinajstić information content (AvgIpc) is 3.22. The Morgan fingerprint density at radius 1 is 1.30 bits per heavy atom. The lowest BCUT2D eigenvalue weighted by atomic mass is 9.94. The van der Waals surface area contributed by atoms with Gasteiger partial charge in [-0.2, -0.15) is 0 Å². The normalized spacial score (nSPS) is 22.0. The van der Waals surface area contributed by atoms with Crippen LogP contribution in [0.15, 0.2) is 30.1 Å². The van der Waals surface area contributed by atoms with E-state index in [-0.39, 0.29) is 24.2 Å². The molecule has 3 heterocycles. The van der Waals surface area contributed by atoms with Crippen LogP contribution in [-0.4, -0.2) is 70.7 Å². The van der Waals surface area contributed by atoms with E-state index in [4.69, 9.17) is 4.74 Å². The van der Waals surface area contributed by atoms with Gasteiger partial charge in [-0.25, -0.2) is 15.0 Å². The number of thiazole rings is 1. The summed E-state index contributed by atoms with van der Waals surface area (Å²) in [6, 6.07) is -0.0808. The molecular formula is C24H34N6O2S. The van der Waals surface area contributed by atoms with Gasteiger partial charge in [0.2, 0.25) is 0 Å². The third-order valence-electron chi connectivity index (χ3n) is 6.15. The molecule has 2 aromatic heterocycles. The zero-order valence-corrected chi connectivity index (χ0v) is 20.7. The summed E-state index contributed by atoms with van der Waals surface area (Å²) in [5.41, 5.74) is 1.78. The third-order valence-corrected chi connectivity index (χ3v) is 7.11.